The van der Waals surface area contributed by atoms with Crippen molar-refractivity contribution in [3.8, 4) is 11.4 Å². The van der Waals surface area contributed by atoms with Crippen molar-refractivity contribution in [3.63, 3.8) is 0 Å². The predicted octanol–water partition coefficient (Wildman–Crippen LogP) is 3.69. The minimum atomic E-state index is -0.262. The van der Waals surface area contributed by atoms with Gasteiger partial charge in [0.25, 0.3) is 0 Å². The monoisotopic (exact) mass is 368 g/mol. The molecule has 0 bridgehead atoms. The summed E-state index contributed by atoms with van der Waals surface area (Å²) in [5, 5.41) is 15.8. The molecule has 0 saturated heterocycles. The summed E-state index contributed by atoms with van der Waals surface area (Å²) < 4.78 is 13.2. The van der Waals surface area contributed by atoms with Crippen LogP contribution < -0.4 is 5.73 Å². The largest absolute Gasteiger partial charge is 0.398 e. The number of aromatic nitrogens is 3. The molecule has 27 heavy (non-hydrogen) atoms. The van der Waals surface area contributed by atoms with Gasteiger partial charge >= 0.3 is 0 Å². The Bertz CT molecular complexity index is 878. The smallest absolute Gasteiger partial charge is 0.181 e. The average molecular weight is 368 g/mol. The molecule has 1 aromatic carbocycles. The summed E-state index contributed by atoms with van der Waals surface area (Å²) in [6, 6.07) is 5.46. The van der Waals surface area contributed by atoms with Gasteiger partial charge in [-0.1, -0.05) is 19.9 Å². The van der Waals surface area contributed by atoms with Crippen LogP contribution in [0.5, 0.6) is 0 Å². The summed E-state index contributed by atoms with van der Waals surface area (Å²) in [7, 11) is 0. The molecule has 1 atom stereocenters. The molecule has 0 aliphatic heterocycles. The molecule has 0 amide bonds. The topological polar surface area (TPSA) is 94.7 Å². The summed E-state index contributed by atoms with van der Waals surface area (Å²) >= 11 is 0. The molecule has 3 rings (SSSR count). The Kier molecular flexibility index (Phi) is 5.81. The Morgan fingerprint density at radius 1 is 1.37 bits per heavy atom. The Balaban J connectivity index is 1.82. The first kappa shape index (κ1) is 19.0. The van der Waals surface area contributed by atoms with Gasteiger partial charge in [0, 0.05) is 28.4 Å². The molecule has 0 fully saturated rings. The highest BCUT2D eigenvalue weighted by atomic mass is 19.1. The molecule has 1 aromatic heterocycles. The van der Waals surface area contributed by atoms with E-state index < -0.39 is 0 Å². The number of nitrogen functional groups attached to an aromatic ring is 1. The van der Waals surface area contributed by atoms with Crippen LogP contribution in [0.25, 0.3) is 11.4 Å². The second kappa shape index (κ2) is 8.26. The van der Waals surface area contributed by atoms with E-state index in [0.717, 1.165) is 24.5 Å². The minimum Gasteiger partial charge on any atom is -0.398 e. The summed E-state index contributed by atoms with van der Waals surface area (Å²) in [5.74, 6) is 0.934. The lowest BCUT2D eigenvalue weighted by Gasteiger charge is -2.17. The van der Waals surface area contributed by atoms with Gasteiger partial charge in [-0.25, -0.2) is 9.37 Å². The number of nitrogens with two attached hydrogens (primary N) is 1. The third-order valence-corrected chi connectivity index (χ3v) is 4.83. The van der Waals surface area contributed by atoms with Crippen molar-refractivity contribution in [2.45, 2.75) is 26.8 Å². The van der Waals surface area contributed by atoms with Crippen LogP contribution in [0.4, 0.5) is 10.1 Å². The Morgan fingerprint density at radius 2 is 2.15 bits per heavy atom. The zero-order valence-electron chi connectivity index (χ0n) is 15.7. The van der Waals surface area contributed by atoms with Gasteiger partial charge < -0.3 is 11.1 Å². The lowest BCUT2D eigenvalue weighted by atomic mass is 9.89. The molecular weight excluding hydrogens is 343 g/mol. The zero-order valence-corrected chi connectivity index (χ0v) is 15.7. The number of hydrogen-bond acceptors (Lipinski definition) is 5. The molecule has 142 valence electrons. The molecule has 6 nitrogen and oxygen atoms in total. The maximum Gasteiger partial charge on any atom is 0.181 e. The van der Waals surface area contributed by atoms with E-state index in [1.807, 2.05) is 12.1 Å². The fourth-order valence-electron chi connectivity index (χ4n) is 3.09. The summed E-state index contributed by atoms with van der Waals surface area (Å²) in [6.07, 6.45) is 5.06. The fourth-order valence-corrected chi connectivity index (χ4v) is 3.09. The Labute approximate surface area is 158 Å². The maximum atomic E-state index is 13.2. The SMILES string of the molecule is CCN(CC)Cc1nc(-c2ccc(N)c(C(=N)C3C=CC(F)=CC3)c2)n[nH]1. The fraction of sp³-hybridized carbons (Fsp3) is 0.350. The van der Waals surface area contributed by atoms with Gasteiger partial charge in [0.15, 0.2) is 5.82 Å². The van der Waals surface area contributed by atoms with E-state index in [9.17, 15) is 4.39 Å². The number of anilines is 1. The number of hydrogen-bond donors (Lipinski definition) is 3. The lowest BCUT2D eigenvalue weighted by Crippen LogP contribution is -2.22. The molecule has 0 saturated carbocycles. The molecule has 0 spiro atoms. The van der Waals surface area contributed by atoms with Crippen molar-refractivity contribution in [1.82, 2.24) is 20.1 Å². The van der Waals surface area contributed by atoms with E-state index in [-0.39, 0.29) is 11.7 Å². The van der Waals surface area contributed by atoms with E-state index in [1.165, 1.54) is 12.2 Å². The van der Waals surface area contributed by atoms with E-state index in [4.69, 9.17) is 11.1 Å². The average Bonchev–Trinajstić information content (AvgIpc) is 3.15. The van der Waals surface area contributed by atoms with Crippen molar-refractivity contribution < 1.29 is 4.39 Å². The lowest BCUT2D eigenvalue weighted by molar-refractivity contribution is 0.288. The summed E-state index contributed by atoms with van der Waals surface area (Å²) in [5.41, 5.74) is 8.42. The number of H-pyrrole nitrogens is 1. The molecule has 1 heterocycles. The number of rotatable bonds is 7. The molecule has 7 heteroatoms. The van der Waals surface area contributed by atoms with Crippen LogP contribution >= 0.6 is 0 Å². The van der Waals surface area contributed by atoms with Crippen LogP contribution in [-0.4, -0.2) is 38.9 Å². The second-order valence-electron chi connectivity index (χ2n) is 6.57. The minimum absolute atomic E-state index is 0.188. The van der Waals surface area contributed by atoms with Gasteiger partial charge in [0.2, 0.25) is 0 Å². The molecule has 0 radical (unpaired) electrons. The van der Waals surface area contributed by atoms with Crippen molar-refractivity contribution in [1.29, 1.82) is 5.41 Å². The third kappa shape index (κ3) is 4.31. The number of aromatic amines is 1. The Morgan fingerprint density at radius 3 is 2.81 bits per heavy atom. The van der Waals surface area contributed by atoms with E-state index in [1.54, 1.807) is 12.1 Å². The molecule has 1 unspecified atom stereocenters. The van der Waals surface area contributed by atoms with Gasteiger partial charge in [0.05, 0.1) is 6.54 Å². The van der Waals surface area contributed by atoms with Crippen LogP contribution in [0.15, 0.2) is 42.3 Å². The summed E-state index contributed by atoms with van der Waals surface area (Å²) in [6.45, 7) is 6.82. The normalized spacial score (nSPS) is 16.6. The standard InChI is InChI=1S/C20H25FN6/c1-3-27(4-2)12-18-24-20(26-25-18)14-7-10-17(22)16(11-14)19(23)13-5-8-15(21)9-6-13/h5,7-11,13,23H,3-4,6,12,22H2,1-2H3,(H,24,25,26). The molecule has 4 N–H and O–H groups in total. The van der Waals surface area contributed by atoms with Crippen LogP contribution in [-0.2, 0) is 6.54 Å². The van der Waals surface area contributed by atoms with Gasteiger partial charge in [-0.3, -0.25) is 10.00 Å². The molecule has 2 aromatic rings. The highest BCUT2D eigenvalue weighted by Crippen LogP contribution is 2.27. The number of halogens is 1. The Hall–Kier alpha value is -2.80. The van der Waals surface area contributed by atoms with Gasteiger partial charge in [-0.05, 0) is 49.9 Å². The first-order chi connectivity index (χ1) is 13.0. The van der Waals surface area contributed by atoms with Gasteiger partial charge in [-0.2, -0.15) is 5.10 Å². The summed E-state index contributed by atoms with van der Waals surface area (Å²) in [4.78, 5) is 6.82. The molecular formula is C20H25FN6. The van der Waals surface area contributed by atoms with E-state index in [2.05, 4.69) is 33.9 Å². The van der Waals surface area contributed by atoms with E-state index >= 15 is 0 Å². The highest BCUT2D eigenvalue weighted by Gasteiger charge is 2.19. The molecule has 1 aliphatic rings. The first-order valence-electron chi connectivity index (χ1n) is 9.18. The van der Waals surface area contributed by atoms with Crippen molar-refractivity contribution in [3.05, 3.63) is 53.6 Å². The van der Waals surface area contributed by atoms with Crippen LogP contribution in [0.3, 0.4) is 0 Å². The van der Waals surface area contributed by atoms with Crippen molar-refractivity contribution >= 4 is 11.4 Å². The third-order valence-electron chi connectivity index (χ3n) is 4.83. The van der Waals surface area contributed by atoms with Crippen molar-refractivity contribution in [2.75, 3.05) is 18.8 Å². The second-order valence-corrected chi connectivity index (χ2v) is 6.57. The number of benzene rings is 1. The quantitative estimate of drug-likeness (QED) is 0.513. The molecule has 1 aliphatic carbocycles. The number of nitrogens with zero attached hydrogens (tertiary/aromatic N) is 3. The van der Waals surface area contributed by atoms with Gasteiger partial charge in [0.1, 0.15) is 11.7 Å². The highest BCUT2D eigenvalue weighted by molar-refractivity contribution is 6.06. The maximum absolute atomic E-state index is 13.2. The van der Waals surface area contributed by atoms with Crippen LogP contribution in [0, 0.1) is 11.3 Å². The number of allylic oxidation sites excluding steroid dienone is 4. The van der Waals surface area contributed by atoms with Gasteiger partial charge in [-0.15, -0.1) is 0 Å². The van der Waals surface area contributed by atoms with Crippen molar-refractivity contribution in [2.24, 2.45) is 5.92 Å². The van der Waals surface area contributed by atoms with Crippen LogP contribution in [0.1, 0.15) is 31.7 Å². The number of nitrogens with one attached hydrogen (secondary N) is 2. The van der Waals surface area contributed by atoms with E-state index in [0.29, 0.717) is 35.8 Å². The predicted molar refractivity (Wildman–Crippen MR) is 106 cm³/mol. The van der Waals surface area contributed by atoms with Crippen LogP contribution in [0.2, 0.25) is 0 Å². The zero-order chi connectivity index (χ0) is 19.4. The first-order valence-corrected chi connectivity index (χ1v) is 9.18.